The van der Waals surface area contributed by atoms with E-state index in [1.807, 2.05) is 50.2 Å². The fraction of sp³-hybridized carbons (Fsp3) is 0.294. The lowest BCUT2D eigenvalue weighted by atomic mass is 10.0. The minimum Gasteiger partial charge on any atom is -0.497 e. The monoisotopic (exact) mass is 269 g/mol. The average Bonchev–Trinajstić information content (AvgIpc) is 2.44. The highest BCUT2D eigenvalue weighted by molar-refractivity contribution is 5.96. The Bertz CT molecular complexity index is 583. The van der Waals surface area contributed by atoms with Crippen LogP contribution in [0.15, 0.2) is 36.4 Å². The predicted molar refractivity (Wildman–Crippen MR) is 79.4 cm³/mol. The Morgan fingerprint density at radius 2 is 1.70 bits per heavy atom. The molecule has 1 aromatic heterocycles. The first-order valence-corrected chi connectivity index (χ1v) is 6.70. The summed E-state index contributed by atoms with van der Waals surface area (Å²) in [7, 11) is 1.65. The summed E-state index contributed by atoms with van der Waals surface area (Å²) in [4.78, 5) is 16.5. The van der Waals surface area contributed by atoms with Crippen molar-refractivity contribution < 1.29 is 9.53 Å². The number of pyridine rings is 1. The van der Waals surface area contributed by atoms with Gasteiger partial charge in [0.05, 0.1) is 7.11 Å². The molecule has 2 aromatic rings. The number of nitrogens with zero attached hydrogens (tertiary/aromatic N) is 1. The fourth-order valence-electron chi connectivity index (χ4n) is 2.19. The van der Waals surface area contributed by atoms with Crippen LogP contribution in [0.1, 0.15) is 33.7 Å². The lowest BCUT2D eigenvalue weighted by Gasteiger charge is -2.05. The number of Topliss-reactive ketones (excluding diaryl/α,β-unsaturated/α-hetero) is 1. The largest absolute Gasteiger partial charge is 0.497 e. The minimum atomic E-state index is 0.161. The second-order valence-electron chi connectivity index (χ2n) is 4.91. The van der Waals surface area contributed by atoms with Crippen molar-refractivity contribution in [2.24, 2.45) is 0 Å². The van der Waals surface area contributed by atoms with Gasteiger partial charge < -0.3 is 4.74 Å². The third kappa shape index (κ3) is 3.67. The number of aryl methyl sites for hydroxylation is 3. The van der Waals surface area contributed by atoms with Crippen molar-refractivity contribution in [1.29, 1.82) is 0 Å². The van der Waals surface area contributed by atoms with Crippen LogP contribution in [-0.2, 0) is 6.42 Å². The van der Waals surface area contributed by atoms with Gasteiger partial charge in [-0.15, -0.1) is 0 Å². The van der Waals surface area contributed by atoms with Crippen molar-refractivity contribution in [3.05, 3.63) is 58.9 Å². The molecule has 1 heterocycles. The Morgan fingerprint density at radius 1 is 1.10 bits per heavy atom. The fourth-order valence-corrected chi connectivity index (χ4v) is 2.19. The van der Waals surface area contributed by atoms with Gasteiger partial charge in [0.2, 0.25) is 0 Å². The van der Waals surface area contributed by atoms with Gasteiger partial charge in [-0.1, -0.05) is 12.1 Å². The maximum atomic E-state index is 12.2. The molecule has 0 bridgehead atoms. The number of benzene rings is 1. The van der Waals surface area contributed by atoms with Gasteiger partial charge in [-0.3, -0.25) is 9.78 Å². The molecule has 0 aliphatic heterocycles. The molecule has 20 heavy (non-hydrogen) atoms. The number of ketones is 1. The van der Waals surface area contributed by atoms with E-state index in [2.05, 4.69) is 4.98 Å². The first kappa shape index (κ1) is 14.3. The molecule has 1 aromatic carbocycles. The van der Waals surface area contributed by atoms with Crippen LogP contribution in [0.25, 0.3) is 0 Å². The molecule has 0 amide bonds. The van der Waals surface area contributed by atoms with Crippen LogP contribution >= 0.6 is 0 Å². The first-order valence-electron chi connectivity index (χ1n) is 6.70. The average molecular weight is 269 g/mol. The lowest BCUT2D eigenvalue weighted by molar-refractivity contribution is 0.0982. The molecule has 0 aliphatic carbocycles. The molecule has 0 N–H and O–H groups in total. The van der Waals surface area contributed by atoms with Crippen molar-refractivity contribution in [3.63, 3.8) is 0 Å². The van der Waals surface area contributed by atoms with Gasteiger partial charge in [-0.25, -0.2) is 0 Å². The summed E-state index contributed by atoms with van der Waals surface area (Å²) in [5, 5.41) is 0. The molecule has 3 nitrogen and oxygen atoms in total. The van der Waals surface area contributed by atoms with E-state index in [1.165, 1.54) is 0 Å². The topological polar surface area (TPSA) is 39.2 Å². The summed E-state index contributed by atoms with van der Waals surface area (Å²) < 4.78 is 5.12. The lowest BCUT2D eigenvalue weighted by Crippen LogP contribution is -2.03. The Morgan fingerprint density at radius 3 is 2.25 bits per heavy atom. The van der Waals surface area contributed by atoms with Crippen LogP contribution in [0.3, 0.4) is 0 Å². The van der Waals surface area contributed by atoms with E-state index in [4.69, 9.17) is 4.74 Å². The van der Waals surface area contributed by atoms with E-state index in [-0.39, 0.29) is 5.78 Å². The van der Waals surface area contributed by atoms with Gasteiger partial charge in [-0.2, -0.15) is 0 Å². The Labute approximate surface area is 119 Å². The summed E-state index contributed by atoms with van der Waals surface area (Å²) in [6.45, 7) is 3.82. The van der Waals surface area contributed by atoms with Crippen molar-refractivity contribution in [3.8, 4) is 5.75 Å². The Balaban J connectivity index is 2.00. The van der Waals surface area contributed by atoms with Crippen LogP contribution in [0, 0.1) is 13.8 Å². The second-order valence-corrected chi connectivity index (χ2v) is 4.91. The molecule has 0 fully saturated rings. The molecular weight excluding hydrogens is 250 g/mol. The molecule has 3 heteroatoms. The quantitative estimate of drug-likeness (QED) is 0.780. The van der Waals surface area contributed by atoms with Crippen molar-refractivity contribution >= 4 is 5.78 Å². The molecule has 0 saturated heterocycles. The second kappa shape index (κ2) is 6.33. The molecule has 104 valence electrons. The number of methoxy groups -OCH3 is 1. The van der Waals surface area contributed by atoms with Crippen LogP contribution in [-0.4, -0.2) is 17.9 Å². The molecule has 0 spiro atoms. The zero-order valence-electron chi connectivity index (χ0n) is 12.1. The number of hydrogen-bond donors (Lipinski definition) is 0. The molecule has 2 rings (SSSR count). The first-order chi connectivity index (χ1) is 9.58. The maximum absolute atomic E-state index is 12.2. The zero-order chi connectivity index (χ0) is 14.5. The number of ether oxygens (including phenoxy) is 1. The van der Waals surface area contributed by atoms with E-state index in [0.717, 1.165) is 34.7 Å². The molecule has 0 radical (unpaired) electrons. The van der Waals surface area contributed by atoms with Gasteiger partial charge >= 0.3 is 0 Å². The van der Waals surface area contributed by atoms with Gasteiger partial charge in [-0.05, 0) is 50.1 Å². The molecule has 0 atom stereocenters. The summed E-state index contributed by atoms with van der Waals surface area (Å²) >= 11 is 0. The van der Waals surface area contributed by atoms with Crippen LogP contribution in [0.2, 0.25) is 0 Å². The van der Waals surface area contributed by atoms with Crippen molar-refractivity contribution in [2.45, 2.75) is 26.7 Å². The SMILES string of the molecule is COc1ccc(CCC(=O)c2cc(C)nc(C)c2)cc1. The molecule has 0 unspecified atom stereocenters. The number of hydrogen-bond acceptors (Lipinski definition) is 3. The van der Waals surface area contributed by atoms with Gasteiger partial charge in [0.15, 0.2) is 5.78 Å². The number of carbonyl (C=O) groups excluding carboxylic acids is 1. The van der Waals surface area contributed by atoms with Gasteiger partial charge in [0.1, 0.15) is 5.75 Å². The summed E-state index contributed by atoms with van der Waals surface area (Å²) in [5.74, 6) is 0.995. The highest BCUT2D eigenvalue weighted by Crippen LogP contribution is 2.14. The van der Waals surface area contributed by atoms with E-state index < -0.39 is 0 Å². The van der Waals surface area contributed by atoms with Crippen molar-refractivity contribution in [1.82, 2.24) is 4.98 Å². The van der Waals surface area contributed by atoms with Crippen molar-refractivity contribution in [2.75, 3.05) is 7.11 Å². The van der Waals surface area contributed by atoms with Gasteiger partial charge in [0, 0.05) is 23.4 Å². The zero-order valence-corrected chi connectivity index (χ0v) is 12.1. The van der Waals surface area contributed by atoms with E-state index >= 15 is 0 Å². The maximum Gasteiger partial charge on any atom is 0.163 e. The predicted octanol–water partition coefficient (Wildman–Crippen LogP) is 3.52. The number of aromatic nitrogens is 1. The third-order valence-electron chi connectivity index (χ3n) is 3.20. The van der Waals surface area contributed by atoms with E-state index in [1.54, 1.807) is 7.11 Å². The van der Waals surface area contributed by atoms with Gasteiger partial charge in [0.25, 0.3) is 0 Å². The van der Waals surface area contributed by atoms with Crippen LogP contribution in [0.4, 0.5) is 0 Å². The number of carbonyl (C=O) groups is 1. The summed E-state index contributed by atoms with van der Waals surface area (Å²) in [6.07, 6.45) is 1.25. The van der Waals surface area contributed by atoms with Crippen LogP contribution < -0.4 is 4.74 Å². The van der Waals surface area contributed by atoms with E-state index in [9.17, 15) is 4.79 Å². The molecular formula is C17H19NO2. The third-order valence-corrected chi connectivity index (χ3v) is 3.20. The molecule has 0 saturated carbocycles. The minimum absolute atomic E-state index is 0.161. The molecule has 0 aliphatic rings. The standard InChI is InChI=1S/C17H19NO2/c1-12-10-15(11-13(2)18-12)17(19)9-6-14-4-7-16(20-3)8-5-14/h4-5,7-8,10-11H,6,9H2,1-3H3. The van der Waals surface area contributed by atoms with Crippen LogP contribution in [0.5, 0.6) is 5.75 Å². The highest BCUT2D eigenvalue weighted by Gasteiger charge is 2.08. The smallest absolute Gasteiger partial charge is 0.163 e. The highest BCUT2D eigenvalue weighted by atomic mass is 16.5. The number of rotatable bonds is 5. The Hall–Kier alpha value is -2.16. The van der Waals surface area contributed by atoms with E-state index in [0.29, 0.717) is 6.42 Å². The summed E-state index contributed by atoms with van der Waals surface area (Å²) in [5.41, 5.74) is 3.67. The summed E-state index contributed by atoms with van der Waals surface area (Å²) in [6, 6.07) is 11.5. The normalized spacial score (nSPS) is 10.3. The Kier molecular flexibility index (Phi) is 4.51.